The minimum Gasteiger partial charge on any atom is -0.289 e. The highest BCUT2D eigenvalue weighted by molar-refractivity contribution is 6.34. The first-order valence-corrected chi connectivity index (χ1v) is 4.37. The highest BCUT2D eigenvalue weighted by Gasteiger charge is 2.21. The van der Waals surface area contributed by atoms with Crippen LogP contribution in [0.2, 0.25) is 5.02 Å². The van der Waals surface area contributed by atoms with Gasteiger partial charge in [-0.05, 0) is 17.7 Å². The molecule has 3 nitrogen and oxygen atoms in total. The van der Waals surface area contributed by atoms with Crippen LogP contribution in [0.3, 0.4) is 0 Å². The van der Waals surface area contributed by atoms with E-state index < -0.39 is 0 Å². The van der Waals surface area contributed by atoms with E-state index in [9.17, 15) is 9.59 Å². The number of halogens is 1. The molecule has 70 valence electrons. The van der Waals surface area contributed by atoms with Crippen LogP contribution in [0.4, 0.5) is 0 Å². The average Bonchev–Trinajstić information content (AvgIpc) is 2.45. The van der Waals surface area contributed by atoms with E-state index >= 15 is 0 Å². The first-order valence-electron chi connectivity index (χ1n) is 4.00. The van der Waals surface area contributed by atoms with Gasteiger partial charge in [0.05, 0.1) is 5.57 Å². The summed E-state index contributed by atoms with van der Waals surface area (Å²) in [7, 11) is 0. The summed E-state index contributed by atoms with van der Waals surface area (Å²) in [4.78, 5) is 22.1. The van der Waals surface area contributed by atoms with Gasteiger partial charge < -0.3 is 0 Å². The Morgan fingerprint density at radius 1 is 1.21 bits per heavy atom. The molecule has 0 aromatic heterocycles. The van der Waals surface area contributed by atoms with Crippen molar-refractivity contribution in [1.29, 1.82) is 0 Å². The first kappa shape index (κ1) is 8.97. The lowest BCUT2D eigenvalue weighted by atomic mass is 10.1. The number of hydrogen-bond donors (Lipinski definition) is 1. The van der Waals surface area contributed by atoms with Crippen molar-refractivity contribution in [2.45, 2.75) is 0 Å². The van der Waals surface area contributed by atoms with Crippen molar-refractivity contribution in [3.05, 3.63) is 40.9 Å². The molecule has 0 saturated carbocycles. The van der Waals surface area contributed by atoms with Gasteiger partial charge in [0.2, 0.25) is 0 Å². The van der Waals surface area contributed by atoms with Crippen LogP contribution in [-0.2, 0) is 9.59 Å². The van der Waals surface area contributed by atoms with Crippen molar-refractivity contribution in [3.8, 4) is 0 Å². The molecule has 1 heterocycles. The van der Waals surface area contributed by atoms with E-state index in [0.29, 0.717) is 16.2 Å². The maximum absolute atomic E-state index is 11.3. The Hall–Kier alpha value is -1.61. The fourth-order valence-electron chi connectivity index (χ4n) is 1.28. The molecule has 4 heteroatoms. The van der Waals surface area contributed by atoms with Gasteiger partial charge in [-0.3, -0.25) is 14.9 Å². The van der Waals surface area contributed by atoms with E-state index in [4.69, 9.17) is 11.6 Å². The second-order valence-electron chi connectivity index (χ2n) is 2.89. The molecule has 2 rings (SSSR count). The molecule has 0 atom stereocenters. The SMILES string of the molecule is O=C1C=C(c2cccc(Cl)c2)C(=O)N1. The van der Waals surface area contributed by atoms with Crippen LogP contribution in [0.5, 0.6) is 0 Å². The van der Waals surface area contributed by atoms with Gasteiger partial charge in [0.1, 0.15) is 0 Å². The summed E-state index contributed by atoms with van der Waals surface area (Å²) in [6.07, 6.45) is 1.27. The first-order chi connectivity index (χ1) is 6.66. The lowest BCUT2D eigenvalue weighted by molar-refractivity contribution is -0.123. The molecule has 0 unspecified atom stereocenters. The summed E-state index contributed by atoms with van der Waals surface area (Å²) in [5.74, 6) is -0.762. The van der Waals surface area contributed by atoms with Crippen molar-refractivity contribution < 1.29 is 9.59 Å². The quantitative estimate of drug-likeness (QED) is 0.708. The summed E-state index contributed by atoms with van der Waals surface area (Å²) in [6.45, 7) is 0. The molecular formula is C10H6ClNO2. The third kappa shape index (κ3) is 1.54. The molecular weight excluding hydrogens is 202 g/mol. The van der Waals surface area contributed by atoms with Crippen LogP contribution in [-0.4, -0.2) is 11.8 Å². The maximum Gasteiger partial charge on any atom is 0.258 e. The molecule has 1 aliphatic rings. The number of hydrogen-bond acceptors (Lipinski definition) is 2. The van der Waals surface area contributed by atoms with E-state index in [1.54, 1.807) is 24.3 Å². The van der Waals surface area contributed by atoms with Gasteiger partial charge in [-0.25, -0.2) is 0 Å². The second kappa shape index (κ2) is 3.27. The lowest BCUT2D eigenvalue weighted by Gasteiger charge is -1.99. The number of nitrogens with one attached hydrogen (secondary N) is 1. The normalized spacial score (nSPS) is 15.4. The zero-order chi connectivity index (χ0) is 10.1. The predicted octanol–water partition coefficient (Wildman–Crippen LogP) is 1.38. The zero-order valence-corrected chi connectivity index (χ0v) is 7.84. The zero-order valence-electron chi connectivity index (χ0n) is 7.08. The number of carbonyl (C=O) groups is 2. The monoisotopic (exact) mass is 207 g/mol. The van der Waals surface area contributed by atoms with Crippen LogP contribution in [0, 0.1) is 0 Å². The van der Waals surface area contributed by atoms with Crippen LogP contribution in [0.15, 0.2) is 30.3 Å². The molecule has 1 aliphatic heterocycles. The van der Waals surface area contributed by atoms with Crippen molar-refractivity contribution >= 4 is 29.0 Å². The van der Waals surface area contributed by atoms with Gasteiger partial charge in [0.15, 0.2) is 0 Å². The Morgan fingerprint density at radius 3 is 2.57 bits per heavy atom. The topological polar surface area (TPSA) is 46.2 Å². The number of carbonyl (C=O) groups excluding carboxylic acids is 2. The summed E-state index contributed by atoms with van der Waals surface area (Å²) in [5, 5.41) is 2.71. The number of imide groups is 1. The van der Waals surface area contributed by atoms with Gasteiger partial charge in [-0.1, -0.05) is 23.7 Å². The van der Waals surface area contributed by atoms with Crippen LogP contribution in [0.1, 0.15) is 5.56 Å². The Balaban J connectivity index is 2.45. The smallest absolute Gasteiger partial charge is 0.258 e. The predicted molar refractivity (Wildman–Crippen MR) is 52.6 cm³/mol. The average molecular weight is 208 g/mol. The fourth-order valence-corrected chi connectivity index (χ4v) is 1.47. The fraction of sp³-hybridized carbons (Fsp3) is 0. The van der Waals surface area contributed by atoms with Crippen LogP contribution >= 0.6 is 11.6 Å². The summed E-state index contributed by atoms with van der Waals surface area (Å²) >= 11 is 5.76. The highest BCUT2D eigenvalue weighted by Crippen LogP contribution is 2.21. The van der Waals surface area contributed by atoms with E-state index in [0.717, 1.165) is 0 Å². The summed E-state index contributed by atoms with van der Waals surface area (Å²) < 4.78 is 0. The largest absolute Gasteiger partial charge is 0.289 e. The Bertz CT molecular complexity index is 451. The second-order valence-corrected chi connectivity index (χ2v) is 3.32. The molecule has 0 bridgehead atoms. The molecule has 0 spiro atoms. The molecule has 0 fully saturated rings. The third-order valence-corrected chi connectivity index (χ3v) is 2.13. The van der Waals surface area contributed by atoms with E-state index in [-0.39, 0.29) is 11.8 Å². The summed E-state index contributed by atoms with van der Waals surface area (Å²) in [6, 6.07) is 6.82. The standard InChI is InChI=1S/C10H6ClNO2/c11-7-3-1-2-6(4-7)8-5-9(13)12-10(8)14/h1-5H,(H,12,13,14). The summed E-state index contributed by atoms with van der Waals surface area (Å²) in [5.41, 5.74) is 1.01. The molecule has 2 amide bonds. The minimum absolute atomic E-state index is 0.359. The highest BCUT2D eigenvalue weighted by atomic mass is 35.5. The number of benzene rings is 1. The molecule has 1 aromatic carbocycles. The van der Waals surface area contributed by atoms with Crippen LogP contribution in [0.25, 0.3) is 5.57 Å². The molecule has 1 aromatic rings. The van der Waals surface area contributed by atoms with E-state index in [2.05, 4.69) is 5.32 Å². The lowest BCUT2D eigenvalue weighted by Crippen LogP contribution is -2.21. The Kier molecular flexibility index (Phi) is 2.09. The van der Waals surface area contributed by atoms with E-state index in [1.165, 1.54) is 6.08 Å². The Labute approximate surface area is 85.4 Å². The van der Waals surface area contributed by atoms with Crippen molar-refractivity contribution in [2.75, 3.05) is 0 Å². The van der Waals surface area contributed by atoms with E-state index in [1.807, 2.05) is 0 Å². The minimum atomic E-state index is -0.384. The van der Waals surface area contributed by atoms with Gasteiger partial charge in [0, 0.05) is 11.1 Å². The molecule has 0 aliphatic carbocycles. The molecule has 1 N–H and O–H groups in total. The van der Waals surface area contributed by atoms with Crippen LogP contribution < -0.4 is 5.32 Å². The third-order valence-electron chi connectivity index (χ3n) is 1.89. The molecule has 14 heavy (non-hydrogen) atoms. The maximum atomic E-state index is 11.3. The van der Waals surface area contributed by atoms with Gasteiger partial charge in [0.25, 0.3) is 11.8 Å². The van der Waals surface area contributed by atoms with Crippen molar-refractivity contribution in [2.24, 2.45) is 0 Å². The van der Waals surface area contributed by atoms with Crippen molar-refractivity contribution in [3.63, 3.8) is 0 Å². The Morgan fingerprint density at radius 2 is 2.00 bits per heavy atom. The molecule has 0 radical (unpaired) electrons. The number of amides is 2. The van der Waals surface area contributed by atoms with Gasteiger partial charge in [-0.2, -0.15) is 0 Å². The van der Waals surface area contributed by atoms with Gasteiger partial charge in [-0.15, -0.1) is 0 Å². The molecule has 0 saturated heterocycles. The number of rotatable bonds is 1. The van der Waals surface area contributed by atoms with Crippen molar-refractivity contribution in [1.82, 2.24) is 5.32 Å². The van der Waals surface area contributed by atoms with Gasteiger partial charge >= 0.3 is 0 Å².